The fraction of sp³-hybridized carbons (Fsp3) is 0.857. The quantitative estimate of drug-likeness (QED) is 0.470. The SMILES string of the molecule is CCC1CN(C(=O)Cl)CCS1. The zero-order valence-electron chi connectivity index (χ0n) is 6.55. The molecule has 4 heteroatoms. The van der Waals surface area contributed by atoms with E-state index in [0.29, 0.717) is 5.25 Å². The third-order valence-electron chi connectivity index (χ3n) is 1.84. The molecule has 0 N–H and O–H groups in total. The van der Waals surface area contributed by atoms with Gasteiger partial charge in [-0.05, 0) is 18.0 Å². The molecule has 1 aliphatic rings. The molecule has 0 aromatic carbocycles. The number of hydrogen-bond donors (Lipinski definition) is 0. The molecule has 0 radical (unpaired) electrons. The Morgan fingerprint density at radius 1 is 1.82 bits per heavy atom. The van der Waals surface area contributed by atoms with Gasteiger partial charge in [0.2, 0.25) is 0 Å². The standard InChI is InChI=1S/C7H12ClNOS/c1-2-6-5-9(7(8)10)3-4-11-6/h6H,2-5H2,1H3. The van der Waals surface area contributed by atoms with Crippen LogP contribution in [0.15, 0.2) is 0 Å². The van der Waals surface area contributed by atoms with Crippen LogP contribution in [-0.4, -0.2) is 34.4 Å². The maximum absolute atomic E-state index is 10.7. The maximum atomic E-state index is 10.7. The summed E-state index contributed by atoms with van der Waals surface area (Å²) in [5, 5.41) is 0.287. The molecule has 0 aromatic heterocycles. The molecule has 1 saturated heterocycles. The van der Waals surface area contributed by atoms with Gasteiger partial charge in [0.05, 0.1) is 0 Å². The van der Waals surface area contributed by atoms with Crippen LogP contribution >= 0.6 is 23.4 Å². The first-order valence-corrected chi connectivity index (χ1v) is 5.22. The van der Waals surface area contributed by atoms with Crippen LogP contribution in [-0.2, 0) is 0 Å². The number of carbonyl (C=O) groups is 1. The van der Waals surface area contributed by atoms with Crippen molar-refractivity contribution in [3.8, 4) is 0 Å². The molecular formula is C7H12ClNOS. The number of thioether (sulfide) groups is 1. The maximum Gasteiger partial charge on any atom is 0.316 e. The second-order valence-corrected chi connectivity index (χ2v) is 4.33. The third-order valence-corrected chi connectivity index (χ3v) is 3.45. The van der Waals surface area contributed by atoms with Gasteiger partial charge in [-0.1, -0.05) is 6.92 Å². The summed E-state index contributed by atoms with van der Waals surface area (Å²) in [5.41, 5.74) is 0. The molecule has 1 amide bonds. The van der Waals surface area contributed by atoms with Crippen LogP contribution in [0.3, 0.4) is 0 Å². The normalized spacial score (nSPS) is 25.3. The van der Waals surface area contributed by atoms with Crippen molar-refractivity contribution in [2.45, 2.75) is 18.6 Å². The zero-order chi connectivity index (χ0) is 8.27. The highest BCUT2D eigenvalue weighted by molar-refractivity contribution is 8.00. The number of rotatable bonds is 1. The lowest BCUT2D eigenvalue weighted by Gasteiger charge is -2.29. The van der Waals surface area contributed by atoms with Crippen molar-refractivity contribution in [3.63, 3.8) is 0 Å². The van der Waals surface area contributed by atoms with Crippen LogP contribution in [0.1, 0.15) is 13.3 Å². The van der Waals surface area contributed by atoms with E-state index in [1.165, 1.54) is 0 Å². The van der Waals surface area contributed by atoms with Gasteiger partial charge in [0, 0.05) is 24.1 Å². The van der Waals surface area contributed by atoms with Crippen LogP contribution in [0.2, 0.25) is 0 Å². The van der Waals surface area contributed by atoms with Crippen molar-refractivity contribution >= 4 is 28.7 Å². The monoisotopic (exact) mass is 193 g/mol. The molecule has 0 saturated carbocycles. The predicted molar refractivity (Wildman–Crippen MR) is 49.4 cm³/mol. The minimum Gasteiger partial charge on any atom is -0.327 e. The van der Waals surface area contributed by atoms with E-state index >= 15 is 0 Å². The Labute approximate surface area is 76.3 Å². The lowest BCUT2D eigenvalue weighted by molar-refractivity contribution is 0.223. The number of carbonyl (C=O) groups excluding carboxylic acids is 1. The van der Waals surface area contributed by atoms with Gasteiger partial charge in [-0.15, -0.1) is 0 Å². The molecule has 0 aliphatic carbocycles. The molecule has 0 bridgehead atoms. The first-order chi connectivity index (χ1) is 5.24. The van der Waals surface area contributed by atoms with Gasteiger partial charge >= 0.3 is 5.37 Å². The molecule has 1 aliphatic heterocycles. The molecule has 64 valence electrons. The Kier molecular flexibility index (Phi) is 3.52. The first kappa shape index (κ1) is 9.20. The van der Waals surface area contributed by atoms with Gasteiger partial charge in [0.25, 0.3) is 0 Å². The van der Waals surface area contributed by atoms with E-state index in [0.717, 1.165) is 25.3 Å². The van der Waals surface area contributed by atoms with Crippen molar-refractivity contribution in [1.29, 1.82) is 0 Å². The van der Waals surface area contributed by atoms with Crippen LogP contribution in [0.4, 0.5) is 4.79 Å². The summed E-state index contributed by atoms with van der Waals surface area (Å²) >= 11 is 7.29. The predicted octanol–water partition coefficient (Wildman–Crippen LogP) is 2.17. The average molecular weight is 194 g/mol. The Morgan fingerprint density at radius 2 is 2.55 bits per heavy atom. The van der Waals surface area contributed by atoms with Crippen LogP contribution < -0.4 is 0 Å². The second-order valence-electron chi connectivity index (χ2n) is 2.60. The summed E-state index contributed by atoms with van der Waals surface area (Å²) in [6.07, 6.45) is 1.12. The third kappa shape index (κ3) is 2.56. The molecular weight excluding hydrogens is 182 g/mol. The van der Waals surface area contributed by atoms with E-state index < -0.39 is 0 Å². The Bertz CT molecular complexity index is 153. The highest BCUT2D eigenvalue weighted by Gasteiger charge is 2.21. The topological polar surface area (TPSA) is 20.3 Å². The fourth-order valence-corrected chi connectivity index (χ4v) is 2.46. The molecule has 11 heavy (non-hydrogen) atoms. The molecule has 1 fully saturated rings. The van der Waals surface area contributed by atoms with Gasteiger partial charge in [-0.25, -0.2) is 0 Å². The van der Waals surface area contributed by atoms with E-state index in [9.17, 15) is 4.79 Å². The molecule has 0 spiro atoms. The van der Waals surface area contributed by atoms with E-state index in [2.05, 4.69) is 6.92 Å². The lowest BCUT2D eigenvalue weighted by Crippen LogP contribution is -2.38. The van der Waals surface area contributed by atoms with Crippen LogP contribution in [0, 0.1) is 0 Å². The fourth-order valence-electron chi connectivity index (χ4n) is 1.13. The van der Waals surface area contributed by atoms with Crippen LogP contribution in [0.5, 0.6) is 0 Å². The number of amides is 1. The van der Waals surface area contributed by atoms with Crippen molar-refractivity contribution in [2.75, 3.05) is 18.8 Å². The molecule has 1 atom stereocenters. The average Bonchev–Trinajstić information content (AvgIpc) is 2.05. The minimum absolute atomic E-state index is 0.302. The molecule has 1 heterocycles. The van der Waals surface area contributed by atoms with E-state index in [1.807, 2.05) is 11.8 Å². The van der Waals surface area contributed by atoms with E-state index in [1.54, 1.807) is 4.90 Å². The van der Waals surface area contributed by atoms with Crippen molar-refractivity contribution in [1.82, 2.24) is 4.90 Å². The van der Waals surface area contributed by atoms with E-state index in [4.69, 9.17) is 11.6 Å². The lowest BCUT2D eigenvalue weighted by atomic mass is 10.3. The summed E-state index contributed by atoms with van der Waals surface area (Å²) in [7, 11) is 0. The molecule has 2 nitrogen and oxygen atoms in total. The largest absolute Gasteiger partial charge is 0.327 e. The highest BCUT2D eigenvalue weighted by atomic mass is 35.5. The summed E-state index contributed by atoms with van der Waals surface area (Å²) in [6, 6.07) is 0. The number of hydrogen-bond acceptors (Lipinski definition) is 2. The minimum atomic E-state index is -0.302. The Morgan fingerprint density at radius 3 is 3.09 bits per heavy atom. The number of halogens is 1. The molecule has 0 aromatic rings. The van der Waals surface area contributed by atoms with Crippen molar-refractivity contribution < 1.29 is 4.79 Å². The van der Waals surface area contributed by atoms with Crippen LogP contribution in [0.25, 0.3) is 0 Å². The van der Waals surface area contributed by atoms with Crippen molar-refractivity contribution in [3.05, 3.63) is 0 Å². The van der Waals surface area contributed by atoms with Gasteiger partial charge < -0.3 is 4.90 Å². The van der Waals surface area contributed by atoms with Gasteiger partial charge in [0.15, 0.2) is 0 Å². The highest BCUT2D eigenvalue weighted by Crippen LogP contribution is 2.21. The van der Waals surface area contributed by atoms with Crippen molar-refractivity contribution in [2.24, 2.45) is 0 Å². The van der Waals surface area contributed by atoms with Gasteiger partial charge in [0.1, 0.15) is 0 Å². The number of nitrogens with zero attached hydrogens (tertiary/aromatic N) is 1. The Balaban J connectivity index is 2.39. The molecule has 1 unspecified atom stereocenters. The van der Waals surface area contributed by atoms with Gasteiger partial charge in [-0.2, -0.15) is 11.8 Å². The molecule has 1 rings (SSSR count). The van der Waals surface area contributed by atoms with E-state index in [-0.39, 0.29) is 5.37 Å². The smallest absolute Gasteiger partial charge is 0.316 e. The Hall–Kier alpha value is 0.110. The zero-order valence-corrected chi connectivity index (χ0v) is 8.12. The summed E-state index contributed by atoms with van der Waals surface area (Å²) in [6.45, 7) is 3.77. The summed E-state index contributed by atoms with van der Waals surface area (Å²) in [4.78, 5) is 12.5. The second kappa shape index (κ2) is 4.21. The van der Waals surface area contributed by atoms with Gasteiger partial charge in [-0.3, -0.25) is 4.79 Å². The summed E-state index contributed by atoms with van der Waals surface area (Å²) in [5.74, 6) is 1.02. The summed E-state index contributed by atoms with van der Waals surface area (Å²) < 4.78 is 0. The first-order valence-electron chi connectivity index (χ1n) is 3.80.